The molecule has 7 nitrogen and oxygen atoms in total. The fraction of sp³-hybridized carbons (Fsp3) is 0.269. The number of hydrogen-bond donors (Lipinski definition) is 0. The molecule has 1 fully saturated rings. The molecule has 1 aliphatic heterocycles. The number of benzene rings is 3. The second kappa shape index (κ2) is 10.4. The van der Waals surface area contributed by atoms with Crippen LogP contribution in [0.4, 0.5) is 15.8 Å². The summed E-state index contributed by atoms with van der Waals surface area (Å²) in [6, 6.07) is 19.6. The number of hydrogen-bond acceptors (Lipinski definition) is 5. The van der Waals surface area contributed by atoms with Gasteiger partial charge in [-0.25, -0.2) is 12.8 Å². The van der Waals surface area contributed by atoms with Crippen LogP contribution in [-0.2, 0) is 14.8 Å². The lowest BCUT2D eigenvalue weighted by Crippen LogP contribution is -2.50. The molecule has 1 aliphatic rings. The number of piperazine rings is 1. The van der Waals surface area contributed by atoms with Gasteiger partial charge in [0.15, 0.2) is 6.61 Å². The molecule has 0 atom stereocenters. The third-order valence-corrected chi connectivity index (χ3v) is 7.87. The fourth-order valence-electron chi connectivity index (χ4n) is 3.86. The van der Waals surface area contributed by atoms with Gasteiger partial charge in [-0.05, 0) is 67.6 Å². The number of carbonyl (C=O) groups is 1. The van der Waals surface area contributed by atoms with Crippen LogP contribution >= 0.6 is 0 Å². The summed E-state index contributed by atoms with van der Waals surface area (Å²) in [5.74, 6) is 0.0902. The van der Waals surface area contributed by atoms with Gasteiger partial charge >= 0.3 is 0 Å². The topological polar surface area (TPSA) is 70.2 Å². The lowest BCUT2D eigenvalue weighted by atomic mass is 10.2. The summed E-state index contributed by atoms with van der Waals surface area (Å²) in [6.07, 6.45) is 0. The Labute approximate surface area is 205 Å². The zero-order valence-electron chi connectivity index (χ0n) is 19.7. The normalized spacial score (nSPS) is 14.0. The van der Waals surface area contributed by atoms with Gasteiger partial charge in [-0.1, -0.05) is 17.7 Å². The van der Waals surface area contributed by atoms with E-state index >= 15 is 0 Å². The second-order valence-electron chi connectivity index (χ2n) is 8.41. The third-order valence-electron chi connectivity index (χ3n) is 6.07. The number of ether oxygens (including phenoxy) is 1. The van der Waals surface area contributed by atoms with E-state index in [-0.39, 0.29) is 23.2 Å². The van der Waals surface area contributed by atoms with Crippen molar-refractivity contribution in [3.05, 3.63) is 84.2 Å². The number of sulfonamides is 1. The number of anilines is 2. The zero-order chi connectivity index (χ0) is 25.0. The molecule has 9 heteroatoms. The number of amides is 1. The largest absolute Gasteiger partial charge is 0.484 e. The SMILES string of the molecule is Cc1ccc(S(=O)(=O)N(C)c2ccc(OCC(=O)N3CCN(c4ccc(F)cc4)CC3)cc2)cc1. The summed E-state index contributed by atoms with van der Waals surface area (Å²) in [5.41, 5.74) is 2.41. The minimum absolute atomic E-state index is 0.104. The highest BCUT2D eigenvalue weighted by molar-refractivity contribution is 7.92. The minimum atomic E-state index is -3.68. The molecular formula is C26H28FN3O4S. The molecular weight excluding hydrogens is 469 g/mol. The van der Waals surface area contributed by atoms with Crippen LogP contribution in [0.25, 0.3) is 0 Å². The number of nitrogens with zero attached hydrogens (tertiary/aromatic N) is 3. The van der Waals surface area contributed by atoms with Crippen molar-refractivity contribution in [3.8, 4) is 5.75 Å². The standard InChI is InChI=1S/C26H28FN3O4S/c1-20-3-13-25(14-4-20)35(32,33)28(2)22-9-11-24(12-10-22)34-19-26(31)30-17-15-29(16-18-30)23-7-5-21(27)6-8-23/h3-14H,15-19H2,1-2H3. The lowest BCUT2D eigenvalue weighted by molar-refractivity contribution is -0.133. The molecule has 0 bridgehead atoms. The molecule has 3 aromatic carbocycles. The van der Waals surface area contributed by atoms with Gasteiger partial charge < -0.3 is 14.5 Å². The van der Waals surface area contributed by atoms with E-state index in [4.69, 9.17) is 4.74 Å². The van der Waals surface area contributed by atoms with Crippen LogP contribution in [0.1, 0.15) is 5.56 Å². The number of aryl methyl sites for hydroxylation is 1. The average molecular weight is 498 g/mol. The molecule has 1 saturated heterocycles. The Balaban J connectivity index is 1.29. The van der Waals surface area contributed by atoms with Crippen LogP contribution < -0.4 is 13.9 Å². The van der Waals surface area contributed by atoms with Crippen LogP contribution in [0.5, 0.6) is 5.75 Å². The number of rotatable bonds is 7. The molecule has 0 unspecified atom stereocenters. The van der Waals surface area contributed by atoms with Crippen molar-refractivity contribution in [2.45, 2.75) is 11.8 Å². The first-order valence-electron chi connectivity index (χ1n) is 11.3. The first-order chi connectivity index (χ1) is 16.7. The monoisotopic (exact) mass is 497 g/mol. The molecule has 0 N–H and O–H groups in total. The van der Waals surface area contributed by atoms with Gasteiger partial charge in [0.1, 0.15) is 11.6 Å². The molecule has 0 saturated carbocycles. The maximum absolute atomic E-state index is 13.1. The Kier molecular flexibility index (Phi) is 7.25. The van der Waals surface area contributed by atoms with E-state index in [1.807, 2.05) is 6.92 Å². The molecule has 1 heterocycles. The number of carbonyl (C=O) groups excluding carboxylic acids is 1. The summed E-state index contributed by atoms with van der Waals surface area (Å²) in [5, 5.41) is 0. The van der Waals surface area contributed by atoms with E-state index in [1.54, 1.807) is 65.6 Å². The highest BCUT2D eigenvalue weighted by Gasteiger charge is 2.23. The van der Waals surface area contributed by atoms with E-state index in [9.17, 15) is 17.6 Å². The van der Waals surface area contributed by atoms with Crippen molar-refractivity contribution < 1.29 is 22.3 Å². The Hall–Kier alpha value is -3.59. The molecule has 0 radical (unpaired) electrons. The lowest BCUT2D eigenvalue weighted by Gasteiger charge is -2.36. The molecule has 1 amide bonds. The van der Waals surface area contributed by atoms with Crippen molar-refractivity contribution in [1.82, 2.24) is 4.90 Å². The Bertz CT molecular complexity index is 1260. The molecule has 184 valence electrons. The highest BCUT2D eigenvalue weighted by atomic mass is 32.2. The Morgan fingerprint density at radius 2 is 1.51 bits per heavy atom. The summed E-state index contributed by atoms with van der Waals surface area (Å²) in [6.45, 7) is 4.23. The van der Waals surface area contributed by atoms with Crippen molar-refractivity contribution in [1.29, 1.82) is 0 Å². The van der Waals surface area contributed by atoms with Crippen LogP contribution in [0, 0.1) is 12.7 Å². The predicted molar refractivity (Wildman–Crippen MR) is 134 cm³/mol. The van der Waals surface area contributed by atoms with Gasteiger partial charge in [0, 0.05) is 38.9 Å². The van der Waals surface area contributed by atoms with Crippen LogP contribution in [0.3, 0.4) is 0 Å². The van der Waals surface area contributed by atoms with Gasteiger partial charge in [-0.15, -0.1) is 0 Å². The van der Waals surface area contributed by atoms with Crippen molar-refractivity contribution in [2.75, 3.05) is 49.0 Å². The molecule has 0 aliphatic carbocycles. The first-order valence-corrected chi connectivity index (χ1v) is 12.7. The van der Waals surface area contributed by atoms with Crippen LogP contribution in [0.15, 0.2) is 77.7 Å². The molecule has 3 aromatic rings. The average Bonchev–Trinajstić information content (AvgIpc) is 2.88. The van der Waals surface area contributed by atoms with E-state index < -0.39 is 10.0 Å². The van der Waals surface area contributed by atoms with Crippen molar-refractivity contribution in [2.24, 2.45) is 0 Å². The molecule has 0 aromatic heterocycles. The predicted octanol–water partition coefficient (Wildman–Crippen LogP) is 3.69. The van der Waals surface area contributed by atoms with E-state index in [0.29, 0.717) is 37.6 Å². The Morgan fingerprint density at radius 1 is 0.914 bits per heavy atom. The van der Waals surface area contributed by atoms with Gasteiger partial charge in [0.05, 0.1) is 10.6 Å². The zero-order valence-corrected chi connectivity index (χ0v) is 20.5. The molecule has 4 rings (SSSR count). The van der Waals surface area contributed by atoms with Crippen molar-refractivity contribution in [3.63, 3.8) is 0 Å². The van der Waals surface area contributed by atoms with E-state index in [2.05, 4.69) is 4.90 Å². The van der Waals surface area contributed by atoms with E-state index in [0.717, 1.165) is 11.3 Å². The van der Waals surface area contributed by atoms with Gasteiger partial charge in [0.25, 0.3) is 15.9 Å². The van der Waals surface area contributed by atoms with Crippen molar-refractivity contribution >= 4 is 27.3 Å². The summed E-state index contributed by atoms with van der Waals surface area (Å²) < 4.78 is 45.7. The molecule has 35 heavy (non-hydrogen) atoms. The number of halogens is 1. The van der Waals surface area contributed by atoms with Gasteiger partial charge in [0.2, 0.25) is 0 Å². The molecule has 0 spiro atoms. The van der Waals surface area contributed by atoms with Gasteiger partial charge in [-0.2, -0.15) is 0 Å². The summed E-state index contributed by atoms with van der Waals surface area (Å²) >= 11 is 0. The van der Waals surface area contributed by atoms with Crippen LogP contribution in [0.2, 0.25) is 0 Å². The smallest absolute Gasteiger partial charge is 0.264 e. The first kappa shape index (κ1) is 24.5. The summed E-state index contributed by atoms with van der Waals surface area (Å²) in [7, 11) is -2.18. The summed E-state index contributed by atoms with van der Waals surface area (Å²) in [4.78, 5) is 16.7. The fourth-order valence-corrected chi connectivity index (χ4v) is 5.06. The third kappa shape index (κ3) is 5.74. The van der Waals surface area contributed by atoms with Crippen LogP contribution in [-0.4, -0.2) is 59.1 Å². The second-order valence-corrected chi connectivity index (χ2v) is 10.4. The van der Waals surface area contributed by atoms with E-state index in [1.165, 1.54) is 23.5 Å². The Morgan fingerprint density at radius 3 is 2.11 bits per heavy atom. The minimum Gasteiger partial charge on any atom is -0.484 e. The maximum Gasteiger partial charge on any atom is 0.264 e. The maximum atomic E-state index is 13.1. The highest BCUT2D eigenvalue weighted by Crippen LogP contribution is 2.25. The van der Waals surface area contributed by atoms with Gasteiger partial charge in [-0.3, -0.25) is 9.10 Å². The quantitative estimate of drug-likeness (QED) is 0.498.